The van der Waals surface area contributed by atoms with Crippen molar-refractivity contribution in [3.05, 3.63) is 29.8 Å². The van der Waals surface area contributed by atoms with E-state index in [0.29, 0.717) is 17.9 Å². The average Bonchev–Trinajstić information content (AvgIpc) is 2.38. The number of anilines is 1. The Morgan fingerprint density at radius 2 is 1.75 bits per heavy atom. The highest BCUT2D eigenvalue weighted by atomic mass is 32.2. The molecule has 0 aliphatic heterocycles. The molecule has 7 heteroatoms. The molecule has 20 heavy (non-hydrogen) atoms. The smallest absolute Gasteiger partial charge is 0.335 e. The van der Waals surface area contributed by atoms with Gasteiger partial charge in [0.25, 0.3) is 0 Å². The van der Waals surface area contributed by atoms with E-state index in [0.717, 1.165) is 0 Å². The molecule has 0 unspecified atom stereocenters. The maximum atomic E-state index is 11.6. The minimum atomic E-state index is -1.02. The van der Waals surface area contributed by atoms with Crippen LogP contribution in [-0.2, 0) is 9.59 Å². The van der Waals surface area contributed by atoms with Crippen LogP contribution in [0.4, 0.5) is 5.69 Å². The van der Waals surface area contributed by atoms with E-state index in [2.05, 4.69) is 5.32 Å². The molecule has 0 atom stereocenters. The lowest BCUT2D eigenvalue weighted by molar-refractivity contribution is -0.137. The lowest BCUT2D eigenvalue weighted by Gasteiger charge is -2.05. The molecule has 1 aromatic rings. The fraction of sp³-hybridized carbons (Fsp3) is 0.308. The van der Waals surface area contributed by atoms with Crippen LogP contribution in [0.2, 0.25) is 0 Å². The third-order valence-corrected chi connectivity index (χ3v) is 3.37. The van der Waals surface area contributed by atoms with E-state index in [1.807, 2.05) is 0 Å². The Hall–Kier alpha value is -2.02. The Morgan fingerprint density at radius 3 is 2.30 bits per heavy atom. The number of hydrogen-bond acceptors (Lipinski definition) is 4. The van der Waals surface area contributed by atoms with Gasteiger partial charge in [-0.2, -0.15) is 11.8 Å². The average molecular weight is 297 g/mol. The van der Waals surface area contributed by atoms with Crippen LogP contribution in [0.1, 0.15) is 23.2 Å². The summed E-state index contributed by atoms with van der Waals surface area (Å²) >= 11 is 1.36. The van der Waals surface area contributed by atoms with Crippen LogP contribution in [0.5, 0.6) is 0 Å². The van der Waals surface area contributed by atoms with Crippen molar-refractivity contribution >= 4 is 35.3 Å². The molecule has 108 valence electrons. The van der Waals surface area contributed by atoms with Crippen molar-refractivity contribution < 1.29 is 24.6 Å². The number of thioether (sulfide) groups is 1. The molecule has 1 aromatic carbocycles. The van der Waals surface area contributed by atoms with Gasteiger partial charge < -0.3 is 15.5 Å². The molecule has 0 saturated carbocycles. The molecular weight excluding hydrogens is 282 g/mol. The second kappa shape index (κ2) is 8.21. The van der Waals surface area contributed by atoms with Gasteiger partial charge in [0.1, 0.15) is 0 Å². The third kappa shape index (κ3) is 6.24. The van der Waals surface area contributed by atoms with Crippen LogP contribution in [0.25, 0.3) is 0 Å². The van der Waals surface area contributed by atoms with Crippen LogP contribution in [0, 0.1) is 0 Å². The molecule has 1 rings (SSSR count). The Morgan fingerprint density at radius 1 is 1.10 bits per heavy atom. The zero-order valence-corrected chi connectivity index (χ0v) is 11.5. The van der Waals surface area contributed by atoms with Gasteiger partial charge in [-0.3, -0.25) is 9.59 Å². The van der Waals surface area contributed by atoms with E-state index >= 15 is 0 Å². The molecule has 0 aliphatic rings. The SMILES string of the molecule is O=C(O)CCCSCC(=O)Nc1ccc(C(=O)O)cc1. The monoisotopic (exact) mass is 297 g/mol. The van der Waals surface area contributed by atoms with E-state index < -0.39 is 11.9 Å². The van der Waals surface area contributed by atoms with Crippen LogP contribution in [0.15, 0.2) is 24.3 Å². The lowest BCUT2D eigenvalue weighted by atomic mass is 10.2. The number of aromatic carboxylic acids is 1. The van der Waals surface area contributed by atoms with Crippen LogP contribution in [-0.4, -0.2) is 39.6 Å². The molecule has 3 N–H and O–H groups in total. The third-order valence-electron chi connectivity index (χ3n) is 2.33. The van der Waals surface area contributed by atoms with Gasteiger partial charge >= 0.3 is 11.9 Å². The summed E-state index contributed by atoms with van der Waals surface area (Å²) in [7, 11) is 0. The molecule has 0 aromatic heterocycles. The topological polar surface area (TPSA) is 104 Å². The number of rotatable bonds is 8. The number of hydrogen-bond donors (Lipinski definition) is 3. The Balaban J connectivity index is 2.28. The number of amides is 1. The van der Waals surface area contributed by atoms with Crippen LogP contribution < -0.4 is 5.32 Å². The highest BCUT2D eigenvalue weighted by molar-refractivity contribution is 7.99. The predicted octanol–water partition coefficient (Wildman–Crippen LogP) is 1.92. The predicted molar refractivity (Wildman–Crippen MR) is 76.2 cm³/mol. The normalized spacial score (nSPS) is 10.0. The lowest BCUT2D eigenvalue weighted by Crippen LogP contribution is -2.14. The van der Waals surface area contributed by atoms with Crippen molar-refractivity contribution in [1.29, 1.82) is 0 Å². The van der Waals surface area contributed by atoms with Gasteiger partial charge in [-0.15, -0.1) is 0 Å². The maximum Gasteiger partial charge on any atom is 0.335 e. The first kappa shape index (κ1) is 16.0. The van der Waals surface area contributed by atoms with Gasteiger partial charge in [-0.1, -0.05) is 0 Å². The first-order valence-electron chi connectivity index (χ1n) is 5.92. The summed E-state index contributed by atoms with van der Waals surface area (Å²) in [4.78, 5) is 32.5. The van der Waals surface area contributed by atoms with Gasteiger partial charge in [0.2, 0.25) is 5.91 Å². The number of carboxylic acids is 2. The number of carbonyl (C=O) groups excluding carboxylic acids is 1. The number of carboxylic acid groups (broad SMARTS) is 2. The Bertz CT molecular complexity index is 486. The number of benzene rings is 1. The van der Waals surface area contributed by atoms with E-state index in [9.17, 15) is 14.4 Å². The molecule has 0 bridgehead atoms. The van der Waals surface area contributed by atoms with E-state index in [-0.39, 0.29) is 23.6 Å². The van der Waals surface area contributed by atoms with E-state index in [1.165, 1.54) is 36.0 Å². The molecule has 0 spiro atoms. The van der Waals surface area contributed by atoms with Crippen LogP contribution in [0.3, 0.4) is 0 Å². The van der Waals surface area contributed by atoms with Crippen molar-refractivity contribution in [3.63, 3.8) is 0 Å². The molecule has 0 aliphatic carbocycles. The molecule has 0 fully saturated rings. The van der Waals surface area contributed by atoms with Gasteiger partial charge in [0, 0.05) is 12.1 Å². The van der Waals surface area contributed by atoms with E-state index in [1.54, 1.807) is 0 Å². The zero-order valence-electron chi connectivity index (χ0n) is 10.7. The summed E-state index contributed by atoms with van der Waals surface area (Å²) in [5.41, 5.74) is 0.692. The summed E-state index contributed by atoms with van der Waals surface area (Å²) < 4.78 is 0. The molecule has 6 nitrogen and oxygen atoms in total. The van der Waals surface area contributed by atoms with Crippen molar-refractivity contribution in [2.24, 2.45) is 0 Å². The maximum absolute atomic E-state index is 11.6. The van der Waals surface area contributed by atoms with E-state index in [4.69, 9.17) is 10.2 Å². The van der Waals surface area contributed by atoms with Gasteiger partial charge in [0.15, 0.2) is 0 Å². The van der Waals surface area contributed by atoms with Crippen molar-refractivity contribution in [2.75, 3.05) is 16.8 Å². The summed E-state index contributed by atoms with van der Waals surface area (Å²) in [5, 5.41) is 19.8. The van der Waals surface area contributed by atoms with Crippen molar-refractivity contribution in [2.45, 2.75) is 12.8 Å². The summed E-state index contributed by atoms with van der Waals surface area (Å²) in [6.45, 7) is 0. The molecule has 0 heterocycles. The number of carbonyl (C=O) groups is 3. The Kier molecular flexibility index (Phi) is 6.58. The Labute approximate surface area is 120 Å². The van der Waals surface area contributed by atoms with Gasteiger partial charge in [0.05, 0.1) is 11.3 Å². The largest absolute Gasteiger partial charge is 0.481 e. The first-order valence-corrected chi connectivity index (χ1v) is 7.07. The summed E-state index contributed by atoms with van der Waals surface area (Å²) in [5.74, 6) is -1.21. The van der Waals surface area contributed by atoms with Gasteiger partial charge in [-0.05, 0) is 36.4 Å². The highest BCUT2D eigenvalue weighted by Gasteiger charge is 2.05. The quantitative estimate of drug-likeness (QED) is 0.633. The van der Waals surface area contributed by atoms with Gasteiger partial charge in [-0.25, -0.2) is 4.79 Å². The molecule has 0 radical (unpaired) electrons. The fourth-order valence-electron chi connectivity index (χ4n) is 1.38. The highest BCUT2D eigenvalue weighted by Crippen LogP contribution is 2.11. The second-order valence-electron chi connectivity index (χ2n) is 3.98. The number of aliphatic carboxylic acids is 1. The molecule has 1 amide bonds. The minimum Gasteiger partial charge on any atom is -0.481 e. The second-order valence-corrected chi connectivity index (χ2v) is 5.09. The molecular formula is C13H15NO5S. The summed E-state index contributed by atoms with van der Waals surface area (Å²) in [6.07, 6.45) is 0.631. The zero-order chi connectivity index (χ0) is 15.0. The minimum absolute atomic E-state index is 0.102. The van der Waals surface area contributed by atoms with Crippen molar-refractivity contribution in [1.82, 2.24) is 0 Å². The first-order chi connectivity index (χ1) is 9.49. The van der Waals surface area contributed by atoms with Crippen molar-refractivity contribution in [3.8, 4) is 0 Å². The standard InChI is InChI=1S/C13H15NO5S/c15-11(8-20-7-1-2-12(16)17)14-10-5-3-9(4-6-10)13(18)19/h3-6H,1-2,7-8H2,(H,14,15)(H,16,17)(H,18,19). The fourth-order valence-corrected chi connectivity index (χ4v) is 2.13. The number of nitrogens with one attached hydrogen (secondary N) is 1. The molecule has 0 saturated heterocycles. The van der Waals surface area contributed by atoms with Crippen LogP contribution >= 0.6 is 11.8 Å². The summed E-state index contributed by atoms with van der Waals surface area (Å²) in [6, 6.07) is 5.88.